The molecule has 0 spiro atoms. The Balaban J connectivity index is 0.00000243. The van der Waals surface area contributed by atoms with Crippen LogP contribution in [0, 0.1) is 5.41 Å². The number of rotatable bonds is 5. The van der Waals surface area contributed by atoms with Crippen molar-refractivity contribution in [3.63, 3.8) is 0 Å². The molecule has 0 aromatic heterocycles. The number of carbonyl (C=O) groups excluding carboxylic acids is 2. The second kappa shape index (κ2) is 9.35. The van der Waals surface area contributed by atoms with E-state index in [1.807, 2.05) is 29.2 Å². The molecule has 144 valence electrons. The Kier molecular flexibility index (Phi) is 7.43. The van der Waals surface area contributed by atoms with Crippen molar-refractivity contribution in [1.82, 2.24) is 5.32 Å². The third kappa shape index (κ3) is 4.55. The molecule has 26 heavy (non-hydrogen) atoms. The third-order valence-electron chi connectivity index (χ3n) is 5.20. The first-order valence-electron chi connectivity index (χ1n) is 9.06. The van der Waals surface area contributed by atoms with Crippen LogP contribution in [-0.4, -0.2) is 45.2 Å². The lowest BCUT2D eigenvalue weighted by Gasteiger charge is -2.35. The van der Waals surface area contributed by atoms with Gasteiger partial charge in [0.15, 0.2) is 0 Å². The van der Waals surface area contributed by atoms with E-state index in [-0.39, 0.29) is 24.2 Å². The van der Waals surface area contributed by atoms with Gasteiger partial charge >= 0.3 is 0 Å². The maximum absolute atomic E-state index is 12.9. The number of ether oxygens (including phenoxy) is 1. The zero-order valence-corrected chi connectivity index (χ0v) is 16.1. The van der Waals surface area contributed by atoms with Crippen LogP contribution in [0.1, 0.15) is 32.1 Å². The first-order valence-corrected chi connectivity index (χ1v) is 9.06. The van der Waals surface area contributed by atoms with E-state index in [0.717, 1.165) is 56.7 Å². The van der Waals surface area contributed by atoms with Gasteiger partial charge < -0.3 is 20.3 Å². The number of methoxy groups -OCH3 is 1. The lowest BCUT2D eigenvalue weighted by atomic mass is 9.78. The van der Waals surface area contributed by atoms with Crippen LogP contribution >= 0.6 is 12.4 Å². The maximum atomic E-state index is 12.9. The third-order valence-corrected chi connectivity index (χ3v) is 5.20. The molecular formula is C19H28ClN3O3. The summed E-state index contributed by atoms with van der Waals surface area (Å²) in [6.07, 6.45) is 4.10. The minimum Gasteiger partial charge on any atom is -0.384 e. The molecule has 7 heteroatoms. The van der Waals surface area contributed by atoms with Crippen LogP contribution in [0.5, 0.6) is 0 Å². The van der Waals surface area contributed by atoms with Gasteiger partial charge in [-0.1, -0.05) is 6.07 Å². The van der Waals surface area contributed by atoms with Crippen molar-refractivity contribution in [2.24, 2.45) is 5.41 Å². The second-order valence-corrected chi connectivity index (χ2v) is 6.97. The number of hydrogen-bond donors (Lipinski definition) is 2. The minimum atomic E-state index is -0.489. The van der Waals surface area contributed by atoms with Gasteiger partial charge in [0.2, 0.25) is 11.8 Å². The van der Waals surface area contributed by atoms with Crippen LogP contribution in [0.15, 0.2) is 24.3 Å². The molecule has 2 aliphatic heterocycles. The van der Waals surface area contributed by atoms with Crippen molar-refractivity contribution in [3.8, 4) is 0 Å². The highest BCUT2D eigenvalue weighted by Crippen LogP contribution is 2.31. The van der Waals surface area contributed by atoms with Crippen LogP contribution < -0.4 is 15.5 Å². The van der Waals surface area contributed by atoms with Gasteiger partial charge in [0, 0.05) is 31.5 Å². The fraction of sp³-hybridized carbons (Fsp3) is 0.579. The van der Waals surface area contributed by atoms with E-state index >= 15 is 0 Å². The Morgan fingerprint density at radius 3 is 2.77 bits per heavy atom. The number of nitrogens with one attached hydrogen (secondary N) is 2. The molecule has 2 N–H and O–H groups in total. The molecule has 0 aliphatic carbocycles. The largest absolute Gasteiger partial charge is 0.384 e. The van der Waals surface area contributed by atoms with Gasteiger partial charge in [-0.05, 0) is 57.0 Å². The van der Waals surface area contributed by atoms with Crippen molar-refractivity contribution >= 4 is 35.6 Å². The van der Waals surface area contributed by atoms with E-state index < -0.39 is 5.41 Å². The molecule has 0 radical (unpaired) electrons. The average molecular weight is 382 g/mol. The van der Waals surface area contributed by atoms with Crippen LogP contribution in [0.2, 0.25) is 0 Å². The molecule has 2 heterocycles. The molecule has 0 unspecified atom stereocenters. The summed E-state index contributed by atoms with van der Waals surface area (Å²) >= 11 is 0. The topological polar surface area (TPSA) is 70.7 Å². The van der Waals surface area contributed by atoms with E-state index in [4.69, 9.17) is 4.74 Å². The predicted molar refractivity (Wildman–Crippen MR) is 105 cm³/mol. The molecular weight excluding hydrogens is 354 g/mol. The maximum Gasteiger partial charge on any atom is 0.233 e. The Hall–Kier alpha value is -1.63. The first kappa shape index (κ1) is 20.7. The fourth-order valence-corrected chi connectivity index (χ4v) is 3.71. The predicted octanol–water partition coefficient (Wildman–Crippen LogP) is 2.58. The summed E-state index contributed by atoms with van der Waals surface area (Å²) in [5, 5.41) is 6.34. The number of amides is 2. The van der Waals surface area contributed by atoms with E-state index in [2.05, 4.69) is 10.6 Å². The number of halogens is 1. The SMILES string of the molecule is COCC1(C(=O)Nc2cccc(N3CCCCC3=O)c2)CCNCC1.Cl. The molecule has 2 amide bonds. The summed E-state index contributed by atoms with van der Waals surface area (Å²) < 4.78 is 5.33. The van der Waals surface area contributed by atoms with E-state index in [0.29, 0.717) is 13.0 Å². The number of benzene rings is 1. The monoisotopic (exact) mass is 381 g/mol. The molecule has 6 nitrogen and oxygen atoms in total. The normalized spacial score (nSPS) is 19.6. The highest BCUT2D eigenvalue weighted by molar-refractivity contribution is 5.98. The highest BCUT2D eigenvalue weighted by Gasteiger charge is 2.39. The van der Waals surface area contributed by atoms with Crippen molar-refractivity contribution < 1.29 is 14.3 Å². The van der Waals surface area contributed by atoms with Crippen molar-refractivity contribution in [2.75, 3.05) is 43.6 Å². The standard InChI is InChI=1S/C19H27N3O3.ClH/c1-25-14-19(8-10-20-11-9-19)18(24)21-15-5-4-6-16(13-15)22-12-3-2-7-17(22)23;/h4-6,13,20H,2-3,7-12,14H2,1H3,(H,21,24);1H. The first-order chi connectivity index (χ1) is 12.1. The summed E-state index contributed by atoms with van der Waals surface area (Å²) in [7, 11) is 1.64. The molecule has 3 rings (SSSR count). The molecule has 0 saturated carbocycles. The number of piperidine rings is 2. The van der Waals surface area contributed by atoms with Crippen LogP contribution in [-0.2, 0) is 14.3 Å². The van der Waals surface area contributed by atoms with Gasteiger partial charge in [-0.3, -0.25) is 9.59 Å². The Morgan fingerprint density at radius 1 is 1.31 bits per heavy atom. The molecule has 1 aromatic carbocycles. The van der Waals surface area contributed by atoms with Gasteiger partial charge in [0.1, 0.15) is 0 Å². The lowest BCUT2D eigenvalue weighted by Crippen LogP contribution is -2.47. The highest BCUT2D eigenvalue weighted by atomic mass is 35.5. The van der Waals surface area contributed by atoms with E-state index in [1.165, 1.54) is 0 Å². The molecule has 2 fully saturated rings. The number of nitrogens with zero attached hydrogens (tertiary/aromatic N) is 1. The van der Waals surface area contributed by atoms with Gasteiger partial charge in [0.25, 0.3) is 0 Å². The summed E-state index contributed by atoms with van der Waals surface area (Å²) in [4.78, 5) is 26.9. The summed E-state index contributed by atoms with van der Waals surface area (Å²) in [5.74, 6) is 0.155. The quantitative estimate of drug-likeness (QED) is 0.822. The summed E-state index contributed by atoms with van der Waals surface area (Å²) in [6.45, 7) is 2.80. The molecule has 0 bridgehead atoms. The zero-order valence-electron chi connectivity index (χ0n) is 15.3. The molecule has 2 saturated heterocycles. The smallest absolute Gasteiger partial charge is 0.233 e. The summed E-state index contributed by atoms with van der Waals surface area (Å²) in [6, 6.07) is 7.58. The van der Waals surface area contributed by atoms with Crippen molar-refractivity contribution in [2.45, 2.75) is 32.1 Å². The lowest BCUT2D eigenvalue weighted by molar-refractivity contribution is -0.130. The number of carbonyl (C=O) groups is 2. The minimum absolute atomic E-state index is 0. The van der Waals surface area contributed by atoms with Crippen LogP contribution in [0.25, 0.3) is 0 Å². The molecule has 1 aromatic rings. The van der Waals surface area contributed by atoms with Crippen molar-refractivity contribution in [3.05, 3.63) is 24.3 Å². The van der Waals surface area contributed by atoms with Crippen LogP contribution in [0.3, 0.4) is 0 Å². The van der Waals surface area contributed by atoms with E-state index in [9.17, 15) is 9.59 Å². The zero-order chi connectivity index (χ0) is 17.7. The average Bonchev–Trinajstić information content (AvgIpc) is 2.63. The Bertz CT molecular complexity index is 627. The van der Waals surface area contributed by atoms with Gasteiger partial charge in [0.05, 0.1) is 12.0 Å². The second-order valence-electron chi connectivity index (χ2n) is 6.97. The number of hydrogen-bond acceptors (Lipinski definition) is 4. The molecule has 2 aliphatic rings. The van der Waals surface area contributed by atoms with Gasteiger partial charge in [-0.25, -0.2) is 0 Å². The number of anilines is 2. The Labute approximate surface area is 161 Å². The summed E-state index contributed by atoms with van der Waals surface area (Å²) in [5.41, 5.74) is 1.10. The Morgan fingerprint density at radius 2 is 2.08 bits per heavy atom. The van der Waals surface area contributed by atoms with Gasteiger partial charge in [-0.15, -0.1) is 12.4 Å². The van der Waals surface area contributed by atoms with Crippen LogP contribution in [0.4, 0.5) is 11.4 Å². The fourth-order valence-electron chi connectivity index (χ4n) is 3.71. The van der Waals surface area contributed by atoms with E-state index in [1.54, 1.807) is 7.11 Å². The molecule has 0 atom stereocenters. The van der Waals surface area contributed by atoms with Gasteiger partial charge in [-0.2, -0.15) is 0 Å². The van der Waals surface area contributed by atoms with Crippen molar-refractivity contribution in [1.29, 1.82) is 0 Å².